The number of carbonyl (C=O) groups excluding carboxylic acids is 1. The number of rotatable bonds is 5. The molecule has 1 fully saturated rings. The molecule has 1 atom stereocenters. The van der Waals surface area contributed by atoms with Crippen LogP contribution >= 0.6 is 0 Å². The van der Waals surface area contributed by atoms with Crippen LogP contribution in [0.25, 0.3) is 0 Å². The average molecular weight is 349 g/mol. The summed E-state index contributed by atoms with van der Waals surface area (Å²) in [5.74, 6) is -0.135. The van der Waals surface area contributed by atoms with Crippen molar-refractivity contribution in [3.8, 4) is 0 Å². The van der Waals surface area contributed by atoms with E-state index in [4.69, 9.17) is 0 Å². The Labute approximate surface area is 143 Å². The molecule has 2 aromatic rings. The van der Waals surface area contributed by atoms with E-state index in [1.807, 2.05) is 12.1 Å². The maximum atomic E-state index is 13.1. The third kappa shape index (κ3) is 4.36. The molecule has 2 heterocycles. The van der Waals surface area contributed by atoms with Crippen molar-refractivity contribution in [3.63, 3.8) is 0 Å². The molecule has 0 radical (unpaired) electrons. The number of aromatic nitrogens is 1. The van der Waals surface area contributed by atoms with Gasteiger partial charge in [0.05, 0.1) is 5.56 Å². The molecule has 0 spiro atoms. The van der Waals surface area contributed by atoms with Gasteiger partial charge in [-0.1, -0.05) is 18.2 Å². The lowest BCUT2D eigenvalue weighted by Gasteiger charge is -2.20. The van der Waals surface area contributed by atoms with E-state index in [2.05, 4.69) is 10.3 Å². The van der Waals surface area contributed by atoms with Crippen LogP contribution in [0.3, 0.4) is 0 Å². The van der Waals surface area contributed by atoms with Crippen molar-refractivity contribution in [1.82, 2.24) is 15.2 Å². The highest BCUT2D eigenvalue weighted by atomic mass is 19.4. The zero-order valence-corrected chi connectivity index (χ0v) is 13.5. The summed E-state index contributed by atoms with van der Waals surface area (Å²) in [6.45, 7) is 0.964. The maximum absolute atomic E-state index is 13.1. The normalized spacial score (nSPS) is 18.0. The van der Waals surface area contributed by atoms with Gasteiger partial charge in [0.2, 0.25) is 5.91 Å². The van der Waals surface area contributed by atoms with Crippen LogP contribution in [0.5, 0.6) is 0 Å². The standard InChI is InChI=1S/C18H18F3N3O/c19-18(20,21)16-4-2-1-3-14(16)11-24-12-15(9-17(24)25)23-10-13-5-7-22-8-6-13/h1-8,15,23H,9-12H2. The van der Waals surface area contributed by atoms with E-state index in [1.54, 1.807) is 18.5 Å². The average Bonchev–Trinajstić information content (AvgIpc) is 2.93. The summed E-state index contributed by atoms with van der Waals surface area (Å²) in [5.41, 5.74) is 0.484. The number of carbonyl (C=O) groups is 1. The molecule has 0 bridgehead atoms. The first-order valence-electron chi connectivity index (χ1n) is 7.98. The van der Waals surface area contributed by atoms with Gasteiger partial charge in [-0.15, -0.1) is 0 Å². The minimum Gasteiger partial charge on any atom is -0.337 e. The number of hydrogen-bond acceptors (Lipinski definition) is 3. The Balaban J connectivity index is 1.62. The third-order valence-electron chi connectivity index (χ3n) is 4.24. The first kappa shape index (κ1) is 17.4. The highest BCUT2D eigenvalue weighted by molar-refractivity contribution is 5.79. The van der Waals surface area contributed by atoms with Crippen molar-refractivity contribution in [2.45, 2.75) is 31.7 Å². The predicted molar refractivity (Wildman–Crippen MR) is 86.3 cm³/mol. The molecule has 1 aliphatic rings. The minimum atomic E-state index is -4.42. The SMILES string of the molecule is O=C1CC(NCc2ccncc2)CN1Cc1ccccc1C(F)(F)F. The molecule has 1 aromatic carbocycles. The van der Waals surface area contributed by atoms with Gasteiger partial charge < -0.3 is 10.2 Å². The first-order valence-corrected chi connectivity index (χ1v) is 7.98. The second kappa shape index (κ2) is 7.23. The summed E-state index contributed by atoms with van der Waals surface area (Å²) in [7, 11) is 0. The second-order valence-corrected chi connectivity index (χ2v) is 6.07. The van der Waals surface area contributed by atoms with Gasteiger partial charge in [-0.25, -0.2) is 0 Å². The number of nitrogens with zero attached hydrogens (tertiary/aromatic N) is 2. The van der Waals surface area contributed by atoms with Crippen LogP contribution in [0.1, 0.15) is 23.1 Å². The zero-order valence-electron chi connectivity index (χ0n) is 13.5. The molecule has 3 rings (SSSR count). The van der Waals surface area contributed by atoms with Crippen LogP contribution < -0.4 is 5.32 Å². The molecule has 1 N–H and O–H groups in total. The molecule has 4 nitrogen and oxygen atoms in total. The van der Waals surface area contributed by atoms with Gasteiger partial charge in [0, 0.05) is 44.5 Å². The summed E-state index contributed by atoms with van der Waals surface area (Å²) in [6, 6.07) is 9.07. The predicted octanol–water partition coefficient (Wildman–Crippen LogP) is 2.99. The van der Waals surface area contributed by atoms with Gasteiger partial charge in [0.15, 0.2) is 0 Å². The van der Waals surface area contributed by atoms with E-state index in [1.165, 1.54) is 17.0 Å². The van der Waals surface area contributed by atoms with Crippen LogP contribution in [-0.2, 0) is 24.1 Å². The third-order valence-corrected chi connectivity index (χ3v) is 4.24. The summed E-state index contributed by atoms with van der Waals surface area (Å²) in [6.07, 6.45) is -0.744. The molecule has 0 saturated carbocycles. The number of likely N-dealkylation sites (tertiary alicyclic amines) is 1. The van der Waals surface area contributed by atoms with Crippen LogP contribution in [0.2, 0.25) is 0 Å². The molecule has 1 unspecified atom stereocenters. The summed E-state index contributed by atoms with van der Waals surface area (Å²) in [5, 5.41) is 3.28. The zero-order chi connectivity index (χ0) is 17.9. The molecule has 7 heteroatoms. The molecular formula is C18H18F3N3O. The van der Waals surface area contributed by atoms with Gasteiger partial charge in [-0.3, -0.25) is 9.78 Å². The minimum absolute atomic E-state index is 0.0258. The Hall–Kier alpha value is -2.41. The number of benzene rings is 1. The highest BCUT2D eigenvalue weighted by Crippen LogP contribution is 2.32. The molecule has 1 aromatic heterocycles. The fourth-order valence-corrected chi connectivity index (χ4v) is 2.96. The van der Waals surface area contributed by atoms with Crippen molar-refractivity contribution in [2.75, 3.05) is 6.54 Å². The summed E-state index contributed by atoms with van der Waals surface area (Å²) in [4.78, 5) is 17.6. The lowest BCUT2D eigenvalue weighted by molar-refractivity contribution is -0.139. The van der Waals surface area contributed by atoms with Crippen molar-refractivity contribution < 1.29 is 18.0 Å². The Kier molecular flexibility index (Phi) is 5.03. The highest BCUT2D eigenvalue weighted by Gasteiger charge is 2.35. The van der Waals surface area contributed by atoms with Crippen LogP contribution in [0.15, 0.2) is 48.8 Å². The van der Waals surface area contributed by atoms with Crippen molar-refractivity contribution in [1.29, 1.82) is 0 Å². The number of hydrogen-bond donors (Lipinski definition) is 1. The second-order valence-electron chi connectivity index (χ2n) is 6.07. The molecule has 132 valence electrons. The van der Waals surface area contributed by atoms with Gasteiger partial charge in [0.1, 0.15) is 0 Å². The fourth-order valence-electron chi connectivity index (χ4n) is 2.96. The quantitative estimate of drug-likeness (QED) is 0.903. The van der Waals surface area contributed by atoms with Gasteiger partial charge in [-0.05, 0) is 29.3 Å². The van der Waals surface area contributed by atoms with Gasteiger partial charge in [0.25, 0.3) is 0 Å². The van der Waals surface area contributed by atoms with Crippen LogP contribution in [0.4, 0.5) is 13.2 Å². The number of nitrogens with one attached hydrogen (secondary N) is 1. The molecular weight excluding hydrogens is 331 g/mol. The van der Waals surface area contributed by atoms with E-state index < -0.39 is 11.7 Å². The van der Waals surface area contributed by atoms with E-state index in [0.717, 1.165) is 11.6 Å². The van der Waals surface area contributed by atoms with Crippen molar-refractivity contribution in [2.24, 2.45) is 0 Å². The Morgan fingerprint density at radius 3 is 2.60 bits per heavy atom. The summed E-state index contributed by atoms with van der Waals surface area (Å²) >= 11 is 0. The molecule has 0 aliphatic carbocycles. The largest absolute Gasteiger partial charge is 0.416 e. The van der Waals surface area contributed by atoms with E-state index in [-0.39, 0.29) is 24.1 Å². The van der Waals surface area contributed by atoms with E-state index >= 15 is 0 Å². The van der Waals surface area contributed by atoms with E-state index in [9.17, 15) is 18.0 Å². The van der Waals surface area contributed by atoms with Crippen molar-refractivity contribution in [3.05, 3.63) is 65.5 Å². The van der Waals surface area contributed by atoms with Crippen LogP contribution in [0, 0.1) is 0 Å². The molecule has 25 heavy (non-hydrogen) atoms. The topological polar surface area (TPSA) is 45.2 Å². The maximum Gasteiger partial charge on any atom is 0.416 e. The smallest absolute Gasteiger partial charge is 0.337 e. The lowest BCUT2D eigenvalue weighted by Crippen LogP contribution is -2.32. The number of alkyl halides is 3. The van der Waals surface area contributed by atoms with Gasteiger partial charge >= 0.3 is 6.18 Å². The molecule has 1 aliphatic heterocycles. The van der Waals surface area contributed by atoms with Crippen molar-refractivity contribution >= 4 is 5.91 Å². The first-order chi connectivity index (χ1) is 11.9. The monoisotopic (exact) mass is 349 g/mol. The number of pyridine rings is 1. The summed E-state index contributed by atoms with van der Waals surface area (Å²) < 4.78 is 39.3. The number of amides is 1. The van der Waals surface area contributed by atoms with E-state index in [0.29, 0.717) is 19.5 Å². The Morgan fingerprint density at radius 1 is 1.16 bits per heavy atom. The molecule has 1 saturated heterocycles. The van der Waals surface area contributed by atoms with Crippen LogP contribution in [-0.4, -0.2) is 28.4 Å². The lowest BCUT2D eigenvalue weighted by atomic mass is 10.1. The fraction of sp³-hybridized carbons (Fsp3) is 0.333. The molecule has 1 amide bonds. The number of halogens is 3. The van der Waals surface area contributed by atoms with Gasteiger partial charge in [-0.2, -0.15) is 13.2 Å². The Morgan fingerprint density at radius 2 is 1.88 bits per heavy atom. The Bertz CT molecular complexity index is 734.